The van der Waals surface area contributed by atoms with E-state index in [2.05, 4.69) is 34.9 Å². The van der Waals surface area contributed by atoms with Crippen LogP contribution in [0.1, 0.15) is 18.5 Å². The molecule has 0 spiro atoms. The molecule has 3 heterocycles. The lowest BCUT2D eigenvalue weighted by atomic mass is 9.87. The van der Waals surface area contributed by atoms with E-state index < -0.39 is 0 Å². The van der Waals surface area contributed by atoms with Gasteiger partial charge in [-0.1, -0.05) is 36.4 Å². The molecule has 4 rings (SSSR count). The lowest BCUT2D eigenvalue weighted by molar-refractivity contribution is -0.119. The van der Waals surface area contributed by atoms with Crippen LogP contribution in [0.2, 0.25) is 0 Å². The Morgan fingerprint density at radius 1 is 1.05 bits per heavy atom. The Hall–Kier alpha value is -2.24. The van der Waals surface area contributed by atoms with Crippen LogP contribution < -0.4 is 15.8 Å². The van der Waals surface area contributed by atoms with Gasteiger partial charge in [-0.15, -0.1) is 0 Å². The Morgan fingerprint density at radius 3 is 2.55 bits per heavy atom. The van der Waals surface area contributed by atoms with Gasteiger partial charge in [-0.05, 0) is 24.6 Å². The second-order valence-electron chi connectivity index (χ2n) is 5.88. The van der Waals surface area contributed by atoms with Crippen LogP contribution in [0.3, 0.4) is 0 Å². The van der Waals surface area contributed by atoms with Crippen molar-refractivity contribution in [3.8, 4) is 0 Å². The summed E-state index contributed by atoms with van der Waals surface area (Å²) in [6.07, 6.45) is 1.73. The molecule has 5 nitrogen and oxygen atoms in total. The monoisotopic (exact) mass is 294 g/mol. The van der Waals surface area contributed by atoms with E-state index in [1.54, 1.807) is 6.20 Å². The number of anilines is 1. The summed E-state index contributed by atoms with van der Waals surface area (Å²) in [5, 5.41) is 0. The fourth-order valence-electron chi connectivity index (χ4n) is 3.62. The van der Waals surface area contributed by atoms with Gasteiger partial charge in [0.2, 0.25) is 5.91 Å². The van der Waals surface area contributed by atoms with Gasteiger partial charge in [0.15, 0.2) is 0 Å². The highest BCUT2D eigenvalue weighted by atomic mass is 16.2. The molecule has 1 aromatic heterocycles. The van der Waals surface area contributed by atoms with Crippen molar-refractivity contribution in [2.75, 3.05) is 4.90 Å². The van der Waals surface area contributed by atoms with E-state index in [1.165, 1.54) is 0 Å². The molecule has 5 heteroatoms. The van der Waals surface area contributed by atoms with E-state index in [1.807, 2.05) is 41.3 Å². The number of carbonyl (C=O) groups is 1. The number of fused-ring (bicyclic) bond motifs is 1. The van der Waals surface area contributed by atoms with Crippen molar-refractivity contribution in [2.24, 2.45) is 5.92 Å². The van der Waals surface area contributed by atoms with E-state index in [4.69, 9.17) is 0 Å². The van der Waals surface area contributed by atoms with Crippen LogP contribution in [0.25, 0.3) is 0 Å². The molecular formula is C17H18N4O. The summed E-state index contributed by atoms with van der Waals surface area (Å²) in [6.45, 7) is 2.11. The topological polar surface area (TPSA) is 57.3 Å². The Labute approximate surface area is 129 Å². The van der Waals surface area contributed by atoms with E-state index >= 15 is 0 Å². The predicted molar refractivity (Wildman–Crippen MR) is 83.9 cm³/mol. The SMILES string of the molecule is CC1NNC2C(=O)N(c3ccccn3)C(c3ccccc3)C12. The third-order valence-electron chi connectivity index (χ3n) is 4.61. The predicted octanol–water partition coefficient (Wildman–Crippen LogP) is 1.65. The first-order valence-corrected chi connectivity index (χ1v) is 7.57. The Morgan fingerprint density at radius 2 is 1.82 bits per heavy atom. The van der Waals surface area contributed by atoms with Gasteiger partial charge in [0.25, 0.3) is 0 Å². The van der Waals surface area contributed by atoms with Crippen LogP contribution in [0, 0.1) is 5.92 Å². The summed E-state index contributed by atoms with van der Waals surface area (Å²) in [4.78, 5) is 19.1. The van der Waals surface area contributed by atoms with Crippen LogP contribution in [0.4, 0.5) is 5.82 Å². The minimum atomic E-state index is -0.206. The van der Waals surface area contributed by atoms with Crippen molar-refractivity contribution in [1.82, 2.24) is 15.8 Å². The number of hydrogen-bond acceptors (Lipinski definition) is 4. The molecule has 0 bridgehead atoms. The molecule has 1 amide bonds. The number of pyridine rings is 1. The van der Waals surface area contributed by atoms with Crippen molar-refractivity contribution in [1.29, 1.82) is 0 Å². The number of nitrogens with zero attached hydrogens (tertiary/aromatic N) is 2. The Kier molecular flexibility index (Phi) is 3.17. The quantitative estimate of drug-likeness (QED) is 0.884. The summed E-state index contributed by atoms with van der Waals surface area (Å²) in [5.74, 6) is 0.969. The van der Waals surface area contributed by atoms with E-state index in [-0.39, 0.29) is 30.0 Å². The first kappa shape index (κ1) is 13.4. The molecule has 2 aliphatic rings. The maximum atomic E-state index is 12.9. The molecule has 2 N–H and O–H groups in total. The number of hydrazine groups is 1. The number of amides is 1. The molecule has 4 atom stereocenters. The molecule has 2 aliphatic heterocycles. The number of benzene rings is 1. The molecule has 2 fully saturated rings. The van der Waals surface area contributed by atoms with Gasteiger partial charge in [0.05, 0.1) is 6.04 Å². The Bertz CT molecular complexity index is 676. The normalized spacial score (nSPS) is 30.6. The highest BCUT2D eigenvalue weighted by Crippen LogP contribution is 2.43. The molecule has 112 valence electrons. The van der Waals surface area contributed by atoms with Crippen LogP contribution in [0.5, 0.6) is 0 Å². The molecule has 2 aromatic rings. The number of aromatic nitrogens is 1. The van der Waals surface area contributed by atoms with Gasteiger partial charge in [0.1, 0.15) is 11.9 Å². The zero-order chi connectivity index (χ0) is 15.1. The maximum absolute atomic E-state index is 12.9. The van der Waals surface area contributed by atoms with Crippen LogP contribution in [-0.2, 0) is 4.79 Å². The van der Waals surface area contributed by atoms with Gasteiger partial charge >= 0.3 is 0 Å². The molecule has 0 aliphatic carbocycles. The van der Waals surface area contributed by atoms with Crippen LogP contribution in [-0.4, -0.2) is 23.0 Å². The number of carbonyl (C=O) groups excluding carboxylic acids is 1. The van der Waals surface area contributed by atoms with E-state index in [0.717, 1.165) is 5.56 Å². The van der Waals surface area contributed by atoms with Crippen molar-refractivity contribution >= 4 is 11.7 Å². The average Bonchev–Trinajstić information content (AvgIpc) is 3.08. The van der Waals surface area contributed by atoms with Gasteiger partial charge in [-0.25, -0.2) is 10.4 Å². The summed E-state index contributed by atoms with van der Waals surface area (Å²) < 4.78 is 0. The fourth-order valence-corrected chi connectivity index (χ4v) is 3.62. The van der Waals surface area contributed by atoms with E-state index in [0.29, 0.717) is 5.82 Å². The smallest absolute Gasteiger partial charge is 0.247 e. The van der Waals surface area contributed by atoms with Crippen LogP contribution in [0.15, 0.2) is 54.7 Å². The van der Waals surface area contributed by atoms with Crippen molar-refractivity contribution in [3.05, 3.63) is 60.3 Å². The third kappa shape index (κ3) is 1.94. The highest BCUT2D eigenvalue weighted by Gasteiger charge is 2.54. The first-order chi connectivity index (χ1) is 10.8. The number of hydrogen-bond donors (Lipinski definition) is 2. The van der Waals surface area contributed by atoms with Gasteiger partial charge in [-0.2, -0.15) is 0 Å². The fraction of sp³-hybridized carbons (Fsp3) is 0.294. The van der Waals surface area contributed by atoms with Crippen molar-refractivity contribution < 1.29 is 4.79 Å². The molecule has 1 aromatic carbocycles. The molecular weight excluding hydrogens is 276 g/mol. The molecule has 0 saturated carbocycles. The summed E-state index contributed by atoms with van der Waals surface area (Å²) in [7, 11) is 0. The van der Waals surface area contributed by atoms with Crippen molar-refractivity contribution in [2.45, 2.75) is 25.0 Å². The largest absolute Gasteiger partial charge is 0.287 e. The minimum absolute atomic E-state index is 0.00824. The lowest BCUT2D eigenvalue weighted by Crippen LogP contribution is -2.42. The van der Waals surface area contributed by atoms with Gasteiger partial charge in [0, 0.05) is 18.2 Å². The minimum Gasteiger partial charge on any atom is -0.287 e. The molecule has 4 unspecified atom stereocenters. The van der Waals surface area contributed by atoms with Crippen LogP contribution >= 0.6 is 0 Å². The van der Waals surface area contributed by atoms with E-state index in [9.17, 15) is 4.79 Å². The average molecular weight is 294 g/mol. The summed E-state index contributed by atoms with van der Waals surface area (Å²) in [5.41, 5.74) is 7.50. The second kappa shape index (κ2) is 5.19. The van der Waals surface area contributed by atoms with Gasteiger partial charge in [-0.3, -0.25) is 15.1 Å². The summed E-state index contributed by atoms with van der Waals surface area (Å²) in [6, 6.07) is 15.9. The first-order valence-electron chi connectivity index (χ1n) is 7.57. The molecule has 0 radical (unpaired) electrons. The lowest BCUT2D eigenvalue weighted by Gasteiger charge is -2.29. The standard InChI is InChI=1S/C17H18N4O/c1-11-14-15(20-19-11)17(22)21(13-9-5-6-10-18-13)16(14)12-7-3-2-4-8-12/h2-11,14-16,19-20H,1H3. The molecule has 22 heavy (non-hydrogen) atoms. The van der Waals surface area contributed by atoms with Crippen molar-refractivity contribution in [3.63, 3.8) is 0 Å². The zero-order valence-corrected chi connectivity index (χ0v) is 12.3. The Balaban J connectivity index is 1.83. The zero-order valence-electron chi connectivity index (χ0n) is 12.3. The second-order valence-corrected chi connectivity index (χ2v) is 5.88. The number of rotatable bonds is 2. The molecule has 2 saturated heterocycles. The number of nitrogens with one attached hydrogen (secondary N) is 2. The maximum Gasteiger partial charge on any atom is 0.247 e. The van der Waals surface area contributed by atoms with Gasteiger partial charge < -0.3 is 0 Å². The third-order valence-corrected chi connectivity index (χ3v) is 4.61. The summed E-state index contributed by atoms with van der Waals surface area (Å²) >= 11 is 0. The highest BCUT2D eigenvalue weighted by molar-refractivity contribution is 6.00.